The first-order chi connectivity index (χ1) is 7.92. The number of hydrogen-bond acceptors (Lipinski definition) is 2. The van der Waals surface area contributed by atoms with Crippen LogP contribution in [0.2, 0.25) is 0 Å². The van der Waals surface area contributed by atoms with Crippen LogP contribution in [0.3, 0.4) is 0 Å². The lowest BCUT2D eigenvalue weighted by Crippen LogP contribution is -2.26. The van der Waals surface area contributed by atoms with E-state index in [1.165, 1.54) is 25.7 Å². The molecule has 0 amide bonds. The van der Waals surface area contributed by atoms with E-state index in [-0.39, 0.29) is 11.7 Å². The standard InChI is InChI=1S/C9H18O.C4H8O.C2H6/c1-7-5-3-4-6-9(7)8(2)10;1-4(2)3-5-4;1-2/h7-10H,3-6H2,1-2H3;3H2,1-2H3;1-2H3. The minimum absolute atomic E-state index is 0.0877. The molecule has 1 aliphatic carbocycles. The maximum absolute atomic E-state index is 9.35. The summed E-state index contributed by atoms with van der Waals surface area (Å²) in [5.41, 5.74) is 0.250. The molecule has 0 bridgehead atoms. The maximum Gasteiger partial charge on any atom is 0.0860 e. The Balaban J connectivity index is 0.000000306. The largest absolute Gasteiger partial charge is 0.393 e. The zero-order chi connectivity index (χ0) is 13.5. The molecule has 1 saturated heterocycles. The van der Waals surface area contributed by atoms with Gasteiger partial charge in [-0.3, -0.25) is 0 Å². The van der Waals surface area contributed by atoms with Gasteiger partial charge in [-0.1, -0.05) is 40.0 Å². The maximum atomic E-state index is 9.35. The van der Waals surface area contributed by atoms with Gasteiger partial charge in [-0.05, 0) is 39.0 Å². The van der Waals surface area contributed by atoms with Gasteiger partial charge in [0.25, 0.3) is 0 Å². The molecule has 0 spiro atoms. The second-order valence-corrected chi connectivity index (χ2v) is 5.71. The molecule has 2 nitrogen and oxygen atoms in total. The average molecular weight is 244 g/mol. The van der Waals surface area contributed by atoms with Crippen molar-refractivity contribution >= 4 is 0 Å². The molecule has 2 rings (SSSR count). The lowest BCUT2D eigenvalue weighted by molar-refractivity contribution is 0.0678. The summed E-state index contributed by atoms with van der Waals surface area (Å²) < 4.78 is 4.90. The van der Waals surface area contributed by atoms with Crippen molar-refractivity contribution in [3.63, 3.8) is 0 Å². The summed E-state index contributed by atoms with van der Waals surface area (Å²) in [4.78, 5) is 0. The molecule has 0 aromatic heterocycles. The van der Waals surface area contributed by atoms with E-state index < -0.39 is 0 Å². The fraction of sp³-hybridized carbons (Fsp3) is 1.00. The van der Waals surface area contributed by atoms with Crippen LogP contribution in [0.4, 0.5) is 0 Å². The summed E-state index contributed by atoms with van der Waals surface area (Å²) in [5.74, 6) is 1.32. The van der Waals surface area contributed by atoms with Gasteiger partial charge in [0.2, 0.25) is 0 Å². The van der Waals surface area contributed by atoms with Crippen LogP contribution in [0.15, 0.2) is 0 Å². The predicted molar refractivity (Wildman–Crippen MR) is 74.2 cm³/mol. The number of aliphatic hydroxyl groups excluding tert-OH is 1. The molecule has 2 aliphatic rings. The summed E-state index contributed by atoms with van der Waals surface area (Å²) in [6, 6.07) is 0. The lowest BCUT2D eigenvalue weighted by Gasteiger charge is -2.30. The zero-order valence-electron chi connectivity index (χ0n) is 12.6. The molecule has 2 fully saturated rings. The number of aliphatic hydroxyl groups is 1. The van der Waals surface area contributed by atoms with E-state index in [9.17, 15) is 5.11 Å². The van der Waals surface area contributed by atoms with Crippen LogP contribution in [0, 0.1) is 11.8 Å². The molecule has 3 atom stereocenters. The number of epoxide rings is 1. The first-order valence-corrected chi connectivity index (χ1v) is 7.24. The quantitative estimate of drug-likeness (QED) is 0.707. The van der Waals surface area contributed by atoms with E-state index in [1.807, 2.05) is 20.8 Å². The monoisotopic (exact) mass is 244 g/mol. The fourth-order valence-electron chi connectivity index (χ4n) is 2.21. The van der Waals surface area contributed by atoms with Gasteiger partial charge in [-0.15, -0.1) is 0 Å². The Hall–Kier alpha value is -0.0800. The Morgan fingerprint density at radius 3 is 1.82 bits per heavy atom. The molecule has 3 unspecified atom stereocenters. The Morgan fingerprint density at radius 2 is 1.59 bits per heavy atom. The second-order valence-electron chi connectivity index (χ2n) is 5.71. The molecule has 1 saturated carbocycles. The van der Waals surface area contributed by atoms with Gasteiger partial charge < -0.3 is 9.84 Å². The highest BCUT2D eigenvalue weighted by molar-refractivity contribution is 4.79. The van der Waals surface area contributed by atoms with Gasteiger partial charge >= 0.3 is 0 Å². The Kier molecular flexibility index (Phi) is 8.06. The van der Waals surface area contributed by atoms with Crippen LogP contribution in [0.25, 0.3) is 0 Å². The third kappa shape index (κ3) is 7.77. The van der Waals surface area contributed by atoms with Gasteiger partial charge in [0, 0.05) is 0 Å². The van der Waals surface area contributed by atoms with Gasteiger partial charge in [0.1, 0.15) is 0 Å². The normalized spacial score (nSPS) is 31.2. The minimum Gasteiger partial charge on any atom is -0.393 e. The summed E-state index contributed by atoms with van der Waals surface area (Å²) in [7, 11) is 0. The highest BCUT2D eigenvalue weighted by Crippen LogP contribution is 2.31. The number of hydrogen-bond donors (Lipinski definition) is 1. The van der Waals surface area contributed by atoms with Crippen LogP contribution in [0.1, 0.15) is 67.2 Å². The van der Waals surface area contributed by atoms with Crippen LogP contribution < -0.4 is 0 Å². The van der Waals surface area contributed by atoms with Crippen molar-refractivity contribution in [1.29, 1.82) is 0 Å². The highest BCUT2D eigenvalue weighted by atomic mass is 16.6. The zero-order valence-corrected chi connectivity index (χ0v) is 12.6. The molecular weight excluding hydrogens is 212 g/mol. The third-order valence-electron chi connectivity index (χ3n) is 3.52. The summed E-state index contributed by atoms with van der Waals surface area (Å²) in [5, 5.41) is 9.35. The van der Waals surface area contributed by atoms with Crippen LogP contribution in [-0.4, -0.2) is 23.4 Å². The molecule has 1 heterocycles. The molecule has 0 aromatic rings. The lowest BCUT2D eigenvalue weighted by atomic mass is 9.78. The number of rotatable bonds is 1. The number of ether oxygens (including phenoxy) is 1. The first kappa shape index (κ1) is 16.9. The summed E-state index contributed by atoms with van der Waals surface area (Å²) >= 11 is 0. The van der Waals surface area contributed by atoms with E-state index >= 15 is 0 Å². The van der Waals surface area contributed by atoms with Crippen LogP contribution in [-0.2, 0) is 4.74 Å². The van der Waals surface area contributed by atoms with E-state index in [2.05, 4.69) is 20.8 Å². The Bertz CT molecular complexity index is 181. The van der Waals surface area contributed by atoms with E-state index in [4.69, 9.17) is 4.74 Å². The van der Waals surface area contributed by atoms with Crippen molar-refractivity contribution in [3.05, 3.63) is 0 Å². The average Bonchev–Trinajstić information content (AvgIpc) is 2.98. The van der Waals surface area contributed by atoms with Crippen molar-refractivity contribution in [2.45, 2.75) is 78.9 Å². The van der Waals surface area contributed by atoms with Gasteiger partial charge in [-0.25, -0.2) is 0 Å². The summed E-state index contributed by atoms with van der Waals surface area (Å²) in [6.45, 7) is 13.3. The fourth-order valence-corrected chi connectivity index (χ4v) is 2.21. The molecule has 1 aliphatic heterocycles. The van der Waals surface area contributed by atoms with Crippen molar-refractivity contribution in [3.8, 4) is 0 Å². The highest BCUT2D eigenvalue weighted by Gasteiger charge is 2.32. The van der Waals surface area contributed by atoms with E-state index in [0.717, 1.165) is 12.5 Å². The first-order valence-electron chi connectivity index (χ1n) is 7.24. The third-order valence-corrected chi connectivity index (χ3v) is 3.52. The van der Waals surface area contributed by atoms with E-state index in [1.54, 1.807) is 0 Å². The molecule has 0 radical (unpaired) electrons. The Labute approximate surface area is 108 Å². The molecule has 104 valence electrons. The van der Waals surface area contributed by atoms with Crippen molar-refractivity contribution in [1.82, 2.24) is 0 Å². The topological polar surface area (TPSA) is 32.8 Å². The SMILES string of the molecule is CC.CC(O)C1CCCCC1C.CC1(C)CO1. The van der Waals surface area contributed by atoms with Gasteiger partial charge in [-0.2, -0.15) is 0 Å². The molecule has 2 heteroatoms. The molecule has 0 aromatic carbocycles. The van der Waals surface area contributed by atoms with E-state index in [0.29, 0.717) is 5.92 Å². The van der Waals surface area contributed by atoms with Crippen LogP contribution >= 0.6 is 0 Å². The van der Waals surface area contributed by atoms with Crippen molar-refractivity contribution < 1.29 is 9.84 Å². The summed E-state index contributed by atoms with van der Waals surface area (Å²) in [6.07, 6.45) is 5.15. The minimum atomic E-state index is -0.0877. The predicted octanol–water partition coefficient (Wildman–Crippen LogP) is 4.01. The Morgan fingerprint density at radius 1 is 1.18 bits per heavy atom. The smallest absolute Gasteiger partial charge is 0.0860 e. The molecule has 1 N–H and O–H groups in total. The molecule has 17 heavy (non-hydrogen) atoms. The molecular formula is C15H32O2. The van der Waals surface area contributed by atoms with Crippen molar-refractivity contribution in [2.75, 3.05) is 6.61 Å². The van der Waals surface area contributed by atoms with Crippen LogP contribution in [0.5, 0.6) is 0 Å². The van der Waals surface area contributed by atoms with Gasteiger partial charge in [0.05, 0.1) is 18.3 Å². The van der Waals surface area contributed by atoms with Gasteiger partial charge in [0.15, 0.2) is 0 Å². The van der Waals surface area contributed by atoms with Crippen molar-refractivity contribution in [2.24, 2.45) is 11.8 Å². The second kappa shape index (κ2) is 8.10.